The Labute approximate surface area is 133 Å². The van der Waals surface area contributed by atoms with Crippen LogP contribution in [0, 0.1) is 5.92 Å². The van der Waals surface area contributed by atoms with Crippen molar-refractivity contribution in [1.29, 1.82) is 0 Å². The Bertz CT molecular complexity index is 614. The van der Waals surface area contributed by atoms with Crippen molar-refractivity contribution >= 4 is 25.8 Å². The van der Waals surface area contributed by atoms with Gasteiger partial charge in [0, 0.05) is 16.5 Å². The molecule has 0 aliphatic carbocycles. The molecular formula is C14H19BrO5S. The van der Waals surface area contributed by atoms with Crippen LogP contribution in [-0.2, 0) is 9.84 Å². The lowest BCUT2D eigenvalue weighted by molar-refractivity contribution is 0.346. The van der Waals surface area contributed by atoms with E-state index in [1.54, 1.807) is 27.4 Å². The topological polar surface area (TPSA) is 61.8 Å². The summed E-state index contributed by atoms with van der Waals surface area (Å²) in [6, 6.07) is 3.59. The molecule has 118 valence electrons. The molecule has 0 saturated carbocycles. The summed E-state index contributed by atoms with van der Waals surface area (Å²) in [6.45, 7) is 0. The highest BCUT2D eigenvalue weighted by Crippen LogP contribution is 2.45. The van der Waals surface area contributed by atoms with Crippen molar-refractivity contribution in [2.24, 2.45) is 5.92 Å². The SMILES string of the molecule is COc1cc(OC)c(C(Br)C2CCS(=O)(=O)C2)cc1OC. The third kappa shape index (κ3) is 3.45. The number of sulfone groups is 1. The molecule has 5 nitrogen and oxygen atoms in total. The van der Waals surface area contributed by atoms with E-state index in [4.69, 9.17) is 14.2 Å². The number of rotatable bonds is 5. The highest BCUT2D eigenvalue weighted by Gasteiger charge is 2.34. The van der Waals surface area contributed by atoms with Crippen LogP contribution in [0.3, 0.4) is 0 Å². The average molecular weight is 379 g/mol. The summed E-state index contributed by atoms with van der Waals surface area (Å²) in [5.41, 5.74) is 0.872. The minimum Gasteiger partial charge on any atom is -0.496 e. The predicted octanol–water partition coefficient (Wildman–Crippen LogP) is 2.58. The normalized spacial score (nSPS) is 21.8. The van der Waals surface area contributed by atoms with E-state index in [9.17, 15) is 8.42 Å². The van der Waals surface area contributed by atoms with Crippen LogP contribution in [0.1, 0.15) is 16.8 Å². The number of halogens is 1. The fourth-order valence-electron chi connectivity index (χ4n) is 2.58. The van der Waals surface area contributed by atoms with E-state index in [1.807, 2.05) is 6.07 Å². The summed E-state index contributed by atoms with van der Waals surface area (Å²) in [6.07, 6.45) is 0.649. The maximum atomic E-state index is 11.7. The second-order valence-electron chi connectivity index (χ2n) is 5.01. The van der Waals surface area contributed by atoms with E-state index in [0.717, 1.165) is 5.56 Å². The molecule has 7 heteroatoms. The van der Waals surface area contributed by atoms with Crippen molar-refractivity contribution in [1.82, 2.24) is 0 Å². The van der Waals surface area contributed by atoms with E-state index in [-0.39, 0.29) is 22.3 Å². The Balaban J connectivity index is 2.38. The molecule has 0 amide bonds. The van der Waals surface area contributed by atoms with Gasteiger partial charge in [0.05, 0.1) is 32.8 Å². The van der Waals surface area contributed by atoms with Gasteiger partial charge in [0.15, 0.2) is 21.3 Å². The number of benzene rings is 1. The number of alkyl halides is 1. The summed E-state index contributed by atoms with van der Waals surface area (Å²) < 4.78 is 39.3. The molecule has 0 radical (unpaired) electrons. The quantitative estimate of drug-likeness (QED) is 0.736. The van der Waals surface area contributed by atoms with Gasteiger partial charge in [-0.1, -0.05) is 15.9 Å². The largest absolute Gasteiger partial charge is 0.496 e. The molecule has 0 aromatic heterocycles. The van der Waals surface area contributed by atoms with E-state index >= 15 is 0 Å². The molecule has 21 heavy (non-hydrogen) atoms. The van der Waals surface area contributed by atoms with E-state index < -0.39 is 9.84 Å². The van der Waals surface area contributed by atoms with Gasteiger partial charge in [-0.15, -0.1) is 0 Å². The molecule has 1 fully saturated rings. The lowest BCUT2D eigenvalue weighted by Gasteiger charge is -2.21. The lowest BCUT2D eigenvalue weighted by atomic mass is 9.97. The van der Waals surface area contributed by atoms with Crippen molar-refractivity contribution in [2.75, 3.05) is 32.8 Å². The minimum absolute atomic E-state index is 0.0296. The van der Waals surface area contributed by atoms with Crippen LogP contribution < -0.4 is 14.2 Å². The van der Waals surface area contributed by atoms with Gasteiger partial charge in [-0.25, -0.2) is 8.42 Å². The number of hydrogen-bond acceptors (Lipinski definition) is 5. The molecule has 0 bridgehead atoms. The Morgan fingerprint density at radius 1 is 1.10 bits per heavy atom. The number of ether oxygens (including phenoxy) is 3. The van der Waals surface area contributed by atoms with Crippen LogP contribution in [-0.4, -0.2) is 41.3 Å². The molecule has 0 spiro atoms. The maximum absolute atomic E-state index is 11.7. The summed E-state index contributed by atoms with van der Waals surface area (Å²) in [5, 5.41) is 0. The minimum atomic E-state index is -2.92. The molecule has 1 aromatic rings. The standard InChI is InChI=1S/C14H19BrO5S/c1-18-11-7-13(20-3)12(19-2)6-10(11)14(15)9-4-5-21(16,17)8-9/h6-7,9,14H,4-5,8H2,1-3H3. The fourth-order valence-corrected chi connectivity index (χ4v) is 5.47. The molecular weight excluding hydrogens is 360 g/mol. The second kappa shape index (κ2) is 6.44. The van der Waals surface area contributed by atoms with Crippen LogP contribution in [0.4, 0.5) is 0 Å². The van der Waals surface area contributed by atoms with Crippen LogP contribution in [0.2, 0.25) is 0 Å². The predicted molar refractivity (Wildman–Crippen MR) is 84.5 cm³/mol. The van der Waals surface area contributed by atoms with E-state index in [1.165, 1.54) is 0 Å². The van der Waals surface area contributed by atoms with Crippen molar-refractivity contribution < 1.29 is 22.6 Å². The number of hydrogen-bond donors (Lipinski definition) is 0. The van der Waals surface area contributed by atoms with Gasteiger partial charge in [0.2, 0.25) is 0 Å². The molecule has 2 unspecified atom stereocenters. The third-order valence-electron chi connectivity index (χ3n) is 3.71. The van der Waals surface area contributed by atoms with Gasteiger partial charge in [0.1, 0.15) is 5.75 Å². The van der Waals surface area contributed by atoms with Crippen molar-refractivity contribution in [3.63, 3.8) is 0 Å². The first-order chi connectivity index (χ1) is 9.91. The highest BCUT2D eigenvalue weighted by atomic mass is 79.9. The molecule has 1 aromatic carbocycles. The van der Waals surface area contributed by atoms with E-state index in [2.05, 4.69) is 15.9 Å². The number of methoxy groups -OCH3 is 3. The zero-order chi connectivity index (χ0) is 15.6. The third-order valence-corrected chi connectivity index (χ3v) is 6.75. The van der Waals surface area contributed by atoms with Crippen molar-refractivity contribution in [2.45, 2.75) is 11.2 Å². The summed E-state index contributed by atoms with van der Waals surface area (Å²) in [5.74, 6) is 2.30. The van der Waals surface area contributed by atoms with Crippen LogP contribution in [0.25, 0.3) is 0 Å². The maximum Gasteiger partial charge on any atom is 0.164 e. The fraction of sp³-hybridized carbons (Fsp3) is 0.571. The molecule has 1 aliphatic heterocycles. The van der Waals surface area contributed by atoms with Crippen LogP contribution in [0.5, 0.6) is 17.2 Å². The molecule has 1 aliphatic rings. The Hall–Kier alpha value is -0.950. The smallest absolute Gasteiger partial charge is 0.164 e. The van der Waals surface area contributed by atoms with Crippen molar-refractivity contribution in [3.8, 4) is 17.2 Å². The molecule has 0 N–H and O–H groups in total. The van der Waals surface area contributed by atoms with E-state index in [0.29, 0.717) is 23.7 Å². The zero-order valence-corrected chi connectivity index (χ0v) is 14.7. The Kier molecular flexibility index (Phi) is 5.03. The van der Waals surface area contributed by atoms with Gasteiger partial charge in [-0.05, 0) is 18.4 Å². The Morgan fingerprint density at radius 3 is 2.14 bits per heavy atom. The highest BCUT2D eigenvalue weighted by molar-refractivity contribution is 9.09. The molecule has 2 rings (SSSR count). The Morgan fingerprint density at radius 2 is 1.67 bits per heavy atom. The zero-order valence-electron chi connectivity index (χ0n) is 12.3. The molecule has 1 saturated heterocycles. The summed E-state index contributed by atoms with van der Waals surface area (Å²) >= 11 is 3.63. The summed E-state index contributed by atoms with van der Waals surface area (Å²) in [7, 11) is 1.78. The second-order valence-corrected chi connectivity index (χ2v) is 8.23. The van der Waals surface area contributed by atoms with Gasteiger partial charge in [-0.2, -0.15) is 0 Å². The average Bonchev–Trinajstić information content (AvgIpc) is 2.85. The van der Waals surface area contributed by atoms with Crippen LogP contribution >= 0.6 is 15.9 Å². The molecule has 1 heterocycles. The first-order valence-corrected chi connectivity index (χ1v) is 9.30. The summed E-state index contributed by atoms with van der Waals surface area (Å²) in [4.78, 5) is -0.107. The van der Waals surface area contributed by atoms with Gasteiger partial charge in [0.25, 0.3) is 0 Å². The van der Waals surface area contributed by atoms with Crippen LogP contribution in [0.15, 0.2) is 12.1 Å². The lowest BCUT2D eigenvalue weighted by Crippen LogP contribution is -2.11. The van der Waals surface area contributed by atoms with Gasteiger partial charge in [-0.3, -0.25) is 0 Å². The first kappa shape index (κ1) is 16.4. The monoisotopic (exact) mass is 378 g/mol. The first-order valence-electron chi connectivity index (χ1n) is 6.56. The van der Waals surface area contributed by atoms with Gasteiger partial charge < -0.3 is 14.2 Å². The molecule has 2 atom stereocenters. The van der Waals surface area contributed by atoms with Crippen molar-refractivity contribution in [3.05, 3.63) is 17.7 Å². The van der Waals surface area contributed by atoms with Gasteiger partial charge >= 0.3 is 0 Å².